The number of thioether (sulfide) groups is 1. The predicted molar refractivity (Wildman–Crippen MR) is 106 cm³/mol. The van der Waals surface area contributed by atoms with Gasteiger partial charge in [-0.15, -0.1) is 10.2 Å². The van der Waals surface area contributed by atoms with Gasteiger partial charge in [0.15, 0.2) is 5.16 Å². The molecule has 1 aliphatic carbocycles. The molecular weight excluding hydrogens is 364 g/mol. The molecule has 1 heterocycles. The van der Waals surface area contributed by atoms with Crippen LogP contribution in [0.5, 0.6) is 11.5 Å². The van der Waals surface area contributed by atoms with Gasteiger partial charge in [0.05, 0.1) is 25.7 Å². The van der Waals surface area contributed by atoms with Crippen LogP contribution in [0.3, 0.4) is 0 Å². The summed E-state index contributed by atoms with van der Waals surface area (Å²) in [5.41, 5.74) is 0.618. The zero-order chi connectivity index (χ0) is 19.2. The maximum atomic E-state index is 12.4. The van der Waals surface area contributed by atoms with Crippen LogP contribution < -0.4 is 14.8 Å². The fourth-order valence-corrected chi connectivity index (χ4v) is 4.22. The first-order valence-electron chi connectivity index (χ1n) is 9.24. The molecule has 0 atom stereocenters. The molecule has 1 aromatic carbocycles. The monoisotopic (exact) mass is 390 g/mol. The first-order chi connectivity index (χ1) is 13.2. The zero-order valence-corrected chi connectivity index (χ0v) is 16.8. The Labute approximate surface area is 163 Å². The topological polar surface area (TPSA) is 78.3 Å². The molecule has 0 spiro atoms. The average Bonchev–Trinajstić information content (AvgIpc) is 3.35. The van der Waals surface area contributed by atoms with Crippen molar-refractivity contribution < 1.29 is 14.3 Å². The van der Waals surface area contributed by atoms with E-state index in [4.69, 9.17) is 9.47 Å². The highest BCUT2D eigenvalue weighted by Gasteiger charge is 2.24. The predicted octanol–water partition coefficient (Wildman–Crippen LogP) is 3.70. The Bertz CT molecular complexity index is 787. The Hall–Kier alpha value is -2.22. The van der Waals surface area contributed by atoms with Crippen molar-refractivity contribution in [2.75, 3.05) is 25.3 Å². The molecule has 1 aliphatic rings. The van der Waals surface area contributed by atoms with Crippen molar-refractivity contribution in [1.82, 2.24) is 14.8 Å². The standard InChI is InChI=1S/C19H26N4O3S/c1-4-23-18(13-7-5-6-8-13)21-22-19(23)27-12-17(24)20-15-10-9-14(25-2)11-16(15)26-3/h9-11,13H,4-8,12H2,1-3H3,(H,20,24). The lowest BCUT2D eigenvalue weighted by Crippen LogP contribution is -2.15. The molecule has 1 saturated carbocycles. The Balaban J connectivity index is 1.63. The number of ether oxygens (including phenoxy) is 2. The normalized spacial score (nSPS) is 14.3. The van der Waals surface area contributed by atoms with Gasteiger partial charge >= 0.3 is 0 Å². The van der Waals surface area contributed by atoms with Crippen LogP contribution in [0.4, 0.5) is 5.69 Å². The number of aromatic nitrogens is 3. The lowest BCUT2D eigenvalue weighted by molar-refractivity contribution is -0.113. The van der Waals surface area contributed by atoms with Crippen LogP contribution in [0.1, 0.15) is 44.3 Å². The lowest BCUT2D eigenvalue weighted by Gasteiger charge is -2.12. The molecule has 1 N–H and O–H groups in total. The molecule has 0 unspecified atom stereocenters. The fraction of sp³-hybridized carbons (Fsp3) is 0.526. The second-order valence-electron chi connectivity index (χ2n) is 6.47. The molecule has 1 fully saturated rings. The highest BCUT2D eigenvalue weighted by Crippen LogP contribution is 2.34. The third kappa shape index (κ3) is 4.55. The van der Waals surface area contributed by atoms with Crippen molar-refractivity contribution in [3.63, 3.8) is 0 Å². The molecular formula is C19H26N4O3S. The van der Waals surface area contributed by atoms with Gasteiger partial charge in [0.1, 0.15) is 17.3 Å². The minimum absolute atomic E-state index is 0.114. The van der Waals surface area contributed by atoms with Crippen LogP contribution in [0.25, 0.3) is 0 Å². The molecule has 1 aromatic heterocycles. The number of nitrogens with one attached hydrogen (secondary N) is 1. The largest absolute Gasteiger partial charge is 0.497 e. The zero-order valence-electron chi connectivity index (χ0n) is 16.0. The van der Waals surface area contributed by atoms with E-state index in [9.17, 15) is 4.79 Å². The minimum Gasteiger partial charge on any atom is -0.497 e. The van der Waals surface area contributed by atoms with E-state index in [1.807, 2.05) is 0 Å². The number of nitrogens with zero attached hydrogens (tertiary/aromatic N) is 3. The smallest absolute Gasteiger partial charge is 0.234 e. The van der Waals surface area contributed by atoms with Crippen LogP contribution in [-0.2, 0) is 11.3 Å². The van der Waals surface area contributed by atoms with Crippen molar-refractivity contribution in [2.45, 2.75) is 50.2 Å². The quantitative estimate of drug-likeness (QED) is 0.693. The summed E-state index contributed by atoms with van der Waals surface area (Å²) >= 11 is 1.41. The Morgan fingerprint density at radius 3 is 2.70 bits per heavy atom. The molecule has 0 aliphatic heterocycles. The molecule has 0 bridgehead atoms. The molecule has 146 valence electrons. The van der Waals surface area contributed by atoms with Gasteiger partial charge in [-0.25, -0.2) is 0 Å². The molecule has 1 amide bonds. The summed E-state index contributed by atoms with van der Waals surface area (Å²) in [7, 11) is 3.15. The highest BCUT2D eigenvalue weighted by atomic mass is 32.2. The second-order valence-corrected chi connectivity index (χ2v) is 7.41. The summed E-state index contributed by atoms with van der Waals surface area (Å²) < 4.78 is 12.6. The van der Waals surface area contributed by atoms with Crippen LogP contribution >= 0.6 is 11.8 Å². The maximum Gasteiger partial charge on any atom is 0.234 e. The molecule has 0 radical (unpaired) electrons. The number of carbonyl (C=O) groups is 1. The number of methoxy groups -OCH3 is 2. The van der Waals surface area contributed by atoms with Crippen LogP contribution in [0.2, 0.25) is 0 Å². The number of benzene rings is 1. The number of hydrogen-bond donors (Lipinski definition) is 1. The summed E-state index contributed by atoms with van der Waals surface area (Å²) in [6.07, 6.45) is 4.88. The van der Waals surface area contributed by atoms with E-state index in [-0.39, 0.29) is 11.7 Å². The van der Waals surface area contributed by atoms with Gasteiger partial charge in [-0.2, -0.15) is 0 Å². The molecule has 7 nitrogen and oxygen atoms in total. The van der Waals surface area contributed by atoms with E-state index >= 15 is 0 Å². The number of carbonyl (C=O) groups excluding carboxylic acids is 1. The van der Waals surface area contributed by atoms with E-state index in [1.54, 1.807) is 32.4 Å². The van der Waals surface area contributed by atoms with Crippen molar-refractivity contribution in [3.8, 4) is 11.5 Å². The Morgan fingerprint density at radius 2 is 2.04 bits per heavy atom. The van der Waals surface area contributed by atoms with Gasteiger partial charge in [-0.1, -0.05) is 24.6 Å². The fourth-order valence-electron chi connectivity index (χ4n) is 3.41. The third-order valence-electron chi connectivity index (χ3n) is 4.80. The summed E-state index contributed by atoms with van der Waals surface area (Å²) in [5, 5.41) is 12.4. The maximum absolute atomic E-state index is 12.4. The van der Waals surface area contributed by atoms with E-state index in [0.717, 1.165) is 17.5 Å². The Kier molecular flexibility index (Phi) is 6.60. The molecule has 8 heteroatoms. The number of amides is 1. The number of anilines is 1. The van der Waals surface area contributed by atoms with Crippen LogP contribution in [0, 0.1) is 0 Å². The van der Waals surface area contributed by atoms with Gasteiger partial charge in [0.2, 0.25) is 5.91 Å². The molecule has 0 saturated heterocycles. The van der Waals surface area contributed by atoms with Crippen LogP contribution in [0.15, 0.2) is 23.4 Å². The first-order valence-corrected chi connectivity index (χ1v) is 10.2. The van der Waals surface area contributed by atoms with Crippen molar-refractivity contribution in [2.24, 2.45) is 0 Å². The van der Waals surface area contributed by atoms with Crippen molar-refractivity contribution in [3.05, 3.63) is 24.0 Å². The van der Waals surface area contributed by atoms with E-state index in [2.05, 4.69) is 27.0 Å². The lowest BCUT2D eigenvalue weighted by atomic mass is 10.1. The van der Waals surface area contributed by atoms with Crippen molar-refractivity contribution in [1.29, 1.82) is 0 Å². The van der Waals surface area contributed by atoms with Gasteiger partial charge < -0.3 is 19.4 Å². The number of rotatable bonds is 8. The third-order valence-corrected chi connectivity index (χ3v) is 5.76. The molecule has 3 rings (SSSR count). The van der Waals surface area contributed by atoms with Gasteiger partial charge in [0.25, 0.3) is 0 Å². The summed E-state index contributed by atoms with van der Waals surface area (Å²) in [4.78, 5) is 12.4. The minimum atomic E-state index is -0.114. The summed E-state index contributed by atoms with van der Waals surface area (Å²) in [5.74, 6) is 2.95. The second kappa shape index (κ2) is 9.12. The molecule has 2 aromatic rings. The average molecular weight is 391 g/mol. The van der Waals surface area contributed by atoms with Crippen LogP contribution in [-0.4, -0.2) is 40.6 Å². The van der Waals surface area contributed by atoms with E-state index in [1.165, 1.54) is 37.4 Å². The van der Waals surface area contributed by atoms with Crippen molar-refractivity contribution >= 4 is 23.4 Å². The van der Waals surface area contributed by atoms with E-state index in [0.29, 0.717) is 23.1 Å². The first kappa shape index (κ1) is 19.5. The summed E-state index contributed by atoms with van der Waals surface area (Å²) in [6, 6.07) is 5.30. The number of hydrogen-bond acceptors (Lipinski definition) is 6. The summed E-state index contributed by atoms with van der Waals surface area (Å²) in [6.45, 7) is 2.91. The van der Waals surface area contributed by atoms with Gasteiger partial charge in [-0.3, -0.25) is 4.79 Å². The molecule has 27 heavy (non-hydrogen) atoms. The van der Waals surface area contributed by atoms with Gasteiger partial charge in [0, 0.05) is 18.5 Å². The SMILES string of the molecule is CCn1c(SCC(=O)Nc2ccc(OC)cc2OC)nnc1C1CCCC1. The highest BCUT2D eigenvalue weighted by molar-refractivity contribution is 7.99. The van der Waals surface area contributed by atoms with Gasteiger partial charge in [-0.05, 0) is 31.9 Å². The van der Waals surface area contributed by atoms with E-state index < -0.39 is 0 Å². The Morgan fingerprint density at radius 1 is 1.26 bits per heavy atom.